The number of carbonyl (C=O) groups is 2. The maximum Gasteiger partial charge on any atom is 0.249 e. The number of hydrogen-bond acceptors (Lipinski definition) is 4. The second-order valence-corrected chi connectivity index (χ2v) is 8.05. The normalized spacial score (nSPS) is 22.8. The second kappa shape index (κ2) is 9.50. The summed E-state index contributed by atoms with van der Waals surface area (Å²) in [5.74, 6) is -0.554. The number of halogens is 1. The number of carbonyl (C=O) groups excluding carboxylic acids is 2. The van der Waals surface area contributed by atoms with Gasteiger partial charge in [-0.05, 0) is 68.8 Å². The molecule has 2 heterocycles. The van der Waals surface area contributed by atoms with E-state index in [-0.39, 0.29) is 23.5 Å². The van der Waals surface area contributed by atoms with E-state index in [1.54, 1.807) is 0 Å². The van der Waals surface area contributed by atoms with Crippen molar-refractivity contribution in [1.29, 1.82) is 0 Å². The van der Waals surface area contributed by atoms with Gasteiger partial charge in [-0.25, -0.2) is 4.39 Å². The van der Waals surface area contributed by atoms with Crippen LogP contribution in [-0.4, -0.2) is 41.9 Å². The summed E-state index contributed by atoms with van der Waals surface area (Å²) in [5.41, 5.74) is 1.36. The smallest absolute Gasteiger partial charge is 0.249 e. The number of anilines is 1. The lowest BCUT2D eigenvalue weighted by Gasteiger charge is -2.37. The number of piperidine rings is 2. The molecule has 0 radical (unpaired) electrons. The predicted molar refractivity (Wildman–Crippen MR) is 109 cm³/mol. The van der Waals surface area contributed by atoms with E-state index in [2.05, 4.69) is 29.4 Å². The molecule has 2 saturated heterocycles. The molecule has 2 fully saturated rings. The summed E-state index contributed by atoms with van der Waals surface area (Å²) in [6.45, 7) is 6.53. The van der Waals surface area contributed by atoms with Gasteiger partial charge >= 0.3 is 0 Å². The molecule has 2 aliphatic heterocycles. The fraction of sp³-hybridized carbons (Fsp3) is 0.636. The first-order valence-corrected chi connectivity index (χ1v) is 10.7. The Labute approximate surface area is 167 Å². The minimum Gasteiger partial charge on any atom is -0.374 e. The average molecular weight is 390 g/mol. The maximum atomic E-state index is 14.8. The quantitative estimate of drug-likeness (QED) is 0.697. The van der Waals surface area contributed by atoms with Crippen molar-refractivity contribution >= 4 is 17.5 Å². The van der Waals surface area contributed by atoms with Gasteiger partial charge in [0.05, 0.1) is 0 Å². The minimum absolute atomic E-state index is 0.212. The minimum atomic E-state index is -0.490. The first kappa shape index (κ1) is 20.8. The fourth-order valence-corrected chi connectivity index (χ4v) is 4.53. The van der Waals surface area contributed by atoms with E-state index in [4.69, 9.17) is 0 Å². The molecule has 154 valence electrons. The molecule has 1 unspecified atom stereocenters. The summed E-state index contributed by atoms with van der Waals surface area (Å²) >= 11 is 0. The lowest BCUT2D eigenvalue weighted by atomic mass is 9.87. The second-order valence-electron chi connectivity index (χ2n) is 8.05. The molecule has 3 rings (SSSR count). The SMILES string of the molecule is CCC[C@H](CC)N1CCC(c2ccc(NC3CCC(=O)NC3=O)cc2F)CC1. The van der Waals surface area contributed by atoms with Crippen LogP contribution in [0, 0.1) is 5.82 Å². The van der Waals surface area contributed by atoms with Gasteiger partial charge in [-0.1, -0.05) is 26.3 Å². The molecule has 0 aliphatic carbocycles. The van der Waals surface area contributed by atoms with Crippen LogP contribution in [0.4, 0.5) is 10.1 Å². The van der Waals surface area contributed by atoms with E-state index in [0.717, 1.165) is 31.5 Å². The van der Waals surface area contributed by atoms with Crippen LogP contribution >= 0.6 is 0 Å². The maximum absolute atomic E-state index is 14.8. The highest BCUT2D eigenvalue weighted by molar-refractivity contribution is 6.01. The topological polar surface area (TPSA) is 61.4 Å². The van der Waals surface area contributed by atoms with E-state index in [1.165, 1.54) is 25.3 Å². The van der Waals surface area contributed by atoms with Gasteiger partial charge in [0.25, 0.3) is 0 Å². The molecule has 2 atom stereocenters. The first-order chi connectivity index (χ1) is 13.5. The highest BCUT2D eigenvalue weighted by Crippen LogP contribution is 2.32. The number of likely N-dealkylation sites (tertiary alicyclic amines) is 1. The third-order valence-corrected chi connectivity index (χ3v) is 6.16. The first-order valence-electron chi connectivity index (χ1n) is 10.7. The van der Waals surface area contributed by atoms with Crippen LogP contribution < -0.4 is 10.6 Å². The van der Waals surface area contributed by atoms with Crippen molar-refractivity contribution in [2.45, 2.75) is 76.8 Å². The zero-order valence-electron chi connectivity index (χ0n) is 17.0. The highest BCUT2D eigenvalue weighted by Gasteiger charge is 2.28. The Kier molecular flexibility index (Phi) is 7.05. The lowest BCUT2D eigenvalue weighted by Crippen LogP contribution is -2.47. The monoisotopic (exact) mass is 389 g/mol. The van der Waals surface area contributed by atoms with Crippen molar-refractivity contribution in [3.05, 3.63) is 29.6 Å². The summed E-state index contributed by atoms with van der Waals surface area (Å²) in [6.07, 6.45) is 6.31. The Morgan fingerprint density at radius 2 is 1.96 bits per heavy atom. The van der Waals surface area contributed by atoms with Crippen LogP contribution in [0.5, 0.6) is 0 Å². The predicted octanol–water partition coefficient (Wildman–Crippen LogP) is 3.80. The third-order valence-electron chi connectivity index (χ3n) is 6.16. The molecule has 0 spiro atoms. The Balaban J connectivity index is 1.59. The molecule has 5 nitrogen and oxygen atoms in total. The molecule has 2 amide bonds. The van der Waals surface area contributed by atoms with Crippen LogP contribution in [0.15, 0.2) is 18.2 Å². The van der Waals surface area contributed by atoms with Crippen LogP contribution in [0.2, 0.25) is 0 Å². The molecule has 1 aromatic rings. The number of rotatable bonds is 7. The van der Waals surface area contributed by atoms with Crippen molar-refractivity contribution in [1.82, 2.24) is 10.2 Å². The molecule has 1 aromatic carbocycles. The van der Waals surface area contributed by atoms with Crippen molar-refractivity contribution in [2.75, 3.05) is 18.4 Å². The molecular weight excluding hydrogens is 357 g/mol. The van der Waals surface area contributed by atoms with Crippen LogP contribution in [0.3, 0.4) is 0 Å². The highest BCUT2D eigenvalue weighted by atomic mass is 19.1. The van der Waals surface area contributed by atoms with Gasteiger partial charge < -0.3 is 10.2 Å². The van der Waals surface area contributed by atoms with E-state index in [0.29, 0.717) is 24.6 Å². The van der Waals surface area contributed by atoms with Crippen molar-refractivity contribution in [2.24, 2.45) is 0 Å². The van der Waals surface area contributed by atoms with E-state index >= 15 is 0 Å². The fourth-order valence-electron chi connectivity index (χ4n) is 4.53. The summed E-state index contributed by atoms with van der Waals surface area (Å²) in [6, 6.07) is 5.34. The Hall–Kier alpha value is -1.95. The summed E-state index contributed by atoms with van der Waals surface area (Å²) in [7, 11) is 0. The summed E-state index contributed by atoms with van der Waals surface area (Å²) in [5, 5.41) is 5.37. The summed E-state index contributed by atoms with van der Waals surface area (Å²) < 4.78 is 14.8. The number of nitrogens with zero attached hydrogens (tertiary/aromatic N) is 1. The van der Waals surface area contributed by atoms with Gasteiger partial charge in [0.1, 0.15) is 11.9 Å². The molecule has 6 heteroatoms. The molecule has 0 aromatic heterocycles. The van der Waals surface area contributed by atoms with Gasteiger partial charge in [0.15, 0.2) is 0 Å². The number of hydrogen-bond donors (Lipinski definition) is 2. The third kappa shape index (κ3) is 4.90. The average Bonchev–Trinajstić information content (AvgIpc) is 2.69. The van der Waals surface area contributed by atoms with Gasteiger partial charge in [-0.3, -0.25) is 14.9 Å². The van der Waals surface area contributed by atoms with Crippen molar-refractivity contribution in [3.63, 3.8) is 0 Å². The number of benzene rings is 1. The standard InChI is InChI=1S/C22H32FN3O2/c1-3-5-17(4-2)26-12-10-15(11-13-26)18-7-6-16(14-19(18)23)24-20-8-9-21(27)25-22(20)28/h6-7,14-15,17,20,24H,3-5,8-13H2,1-2H3,(H,25,27,28)/t17-,20?/m0/s1. The van der Waals surface area contributed by atoms with Crippen LogP contribution in [-0.2, 0) is 9.59 Å². The van der Waals surface area contributed by atoms with Crippen molar-refractivity contribution < 1.29 is 14.0 Å². The Morgan fingerprint density at radius 1 is 1.21 bits per heavy atom. The van der Waals surface area contributed by atoms with E-state index < -0.39 is 6.04 Å². The summed E-state index contributed by atoms with van der Waals surface area (Å²) in [4.78, 5) is 25.7. The molecule has 0 bridgehead atoms. The van der Waals surface area contributed by atoms with Crippen LogP contribution in [0.1, 0.15) is 70.3 Å². The number of imide groups is 1. The molecule has 2 aliphatic rings. The van der Waals surface area contributed by atoms with Gasteiger partial charge in [0, 0.05) is 18.2 Å². The lowest BCUT2D eigenvalue weighted by molar-refractivity contribution is -0.133. The zero-order chi connectivity index (χ0) is 20.1. The number of amides is 2. The Morgan fingerprint density at radius 3 is 2.57 bits per heavy atom. The molecule has 0 saturated carbocycles. The Bertz CT molecular complexity index is 701. The van der Waals surface area contributed by atoms with E-state index in [1.807, 2.05) is 12.1 Å². The van der Waals surface area contributed by atoms with Gasteiger partial charge in [-0.2, -0.15) is 0 Å². The molecule has 28 heavy (non-hydrogen) atoms. The van der Waals surface area contributed by atoms with Gasteiger partial charge in [-0.15, -0.1) is 0 Å². The van der Waals surface area contributed by atoms with Crippen LogP contribution in [0.25, 0.3) is 0 Å². The van der Waals surface area contributed by atoms with Crippen molar-refractivity contribution in [3.8, 4) is 0 Å². The zero-order valence-corrected chi connectivity index (χ0v) is 17.0. The van der Waals surface area contributed by atoms with E-state index in [9.17, 15) is 14.0 Å². The molecule has 2 N–H and O–H groups in total. The largest absolute Gasteiger partial charge is 0.374 e. The number of nitrogens with one attached hydrogen (secondary N) is 2. The van der Waals surface area contributed by atoms with Gasteiger partial charge in [0.2, 0.25) is 11.8 Å². The molecular formula is C22H32FN3O2.